The predicted molar refractivity (Wildman–Crippen MR) is 104 cm³/mol. The van der Waals surface area contributed by atoms with E-state index in [0.29, 0.717) is 12.4 Å². The third kappa shape index (κ3) is 4.19. The van der Waals surface area contributed by atoms with Crippen LogP contribution in [-0.4, -0.2) is 31.0 Å². The second-order valence-corrected chi connectivity index (χ2v) is 7.01. The van der Waals surface area contributed by atoms with Gasteiger partial charge in [0.05, 0.1) is 12.8 Å². The van der Waals surface area contributed by atoms with Crippen LogP contribution in [0.15, 0.2) is 58.9 Å². The summed E-state index contributed by atoms with van der Waals surface area (Å²) in [5.41, 5.74) is 3.10. The number of nitrogens with zero attached hydrogens (tertiary/aromatic N) is 5. The van der Waals surface area contributed by atoms with Gasteiger partial charge < -0.3 is 9.32 Å². The van der Waals surface area contributed by atoms with Crippen LogP contribution < -0.4 is 0 Å². The van der Waals surface area contributed by atoms with Crippen molar-refractivity contribution in [3.63, 3.8) is 0 Å². The van der Waals surface area contributed by atoms with Crippen molar-refractivity contribution in [2.45, 2.75) is 45.7 Å². The van der Waals surface area contributed by atoms with Gasteiger partial charge in [0.1, 0.15) is 12.3 Å². The highest BCUT2D eigenvalue weighted by Gasteiger charge is 2.22. The largest absolute Gasteiger partial charge is 0.467 e. The van der Waals surface area contributed by atoms with Crippen LogP contribution in [0.4, 0.5) is 0 Å². The van der Waals surface area contributed by atoms with Gasteiger partial charge in [-0.2, -0.15) is 4.80 Å². The number of furan rings is 1. The molecule has 0 bridgehead atoms. The van der Waals surface area contributed by atoms with E-state index in [1.165, 1.54) is 10.4 Å². The molecule has 0 spiro atoms. The Bertz CT molecular complexity index is 957. The molecule has 2 aromatic heterocycles. The Morgan fingerprint density at radius 2 is 2.07 bits per heavy atom. The molecule has 0 unspecified atom stereocenters. The fourth-order valence-electron chi connectivity index (χ4n) is 3.31. The number of hydrogen-bond acceptors (Lipinski definition) is 5. The fraction of sp³-hybridized carbons (Fsp3) is 0.333. The molecule has 0 saturated carbocycles. The van der Waals surface area contributed by atoms with Crippen molar-refractivity contribution in [2.75, 3.05) is 0 Å². The van der Waals surface area contributed by atoms with E-state index >= 15 is 0 Å². The van der Waals surface area contributed by atoms with Gasteiger partial charge in [0.15, 0.2) is 0 Å². The van der Waals surface area contributed by atoms with E-state index < -0.39 is 0 Å². The summed E-state index contributed by atoms with van der Waals surface area (Å²) in [6, 6.07) is 11.6. The van der Waals surface area contributed by atoms with Crippen LogP contribution in [0, 0.1) is 6.92 Å². The lowest BCUT2D eigenvalue weighted by atomic mass is 10.0. The molecule has 0 atom stereocenters. The molecule has 1 amide bonds. The fourth-order valence-corrected chi connectivity index (χ4v) is 3.31. The summed E-state index contributed by atoms with van der Waals surface area (Å²) in [7, 11) is 0. The first kappa shape index (κ1) is 18.2. The smallest absolute Gasteiger partial charge is 0.250 e. The molecule has 0 aliphatic heterocycles. The highest BCUT2D eigenvalue weighted by Crippen LogP contribution is 2.23. The van der Waals surface area contributed by atoms with Gasteiger partial charge in [-0.3, -0.25) is 4.79 Å². The Balaban J connectivity index is 1.51. The van der Waals surface area contributed by atoms with Gasteiger partial charge in [-0.05, 0) is 50.0 Å². The number of allylic oxidation sites excluding steroid dienone is 2. The van der Waals surface area contributed by atoms with Crippen molar-refractivity contribution in [3.05, 3.63) is 65.8 Å². The van der Waals surface area contributed by atoms with Gasteiger partial charge in [0.2, 0.25) is 5.82 Å². The van der Waals surface area contributed by atoms with E-state index in [1.54, 1.807) is 11.2 Å². The number of carbonyl (C=O) groups excluding carboxylic acids is 1. The Morgan fingerprint density at radius 1 is 1.21 bits per heavy atom. The zero-order chi connectivity index (χ0) is 19.3. The first-order valence-corrected chi connectivity index (χ1v) is 9.56. The van der Waals surface area contributed by atoms with Crippen molar-refractivity contribution in [3.8, 4) is 11.4 Å². The number of aromatic nitrogens is 4. The van der Waals surface area contributed by atoms with E-state index in [2.05, 4.69) is 21.5 Å². The molecule has 2 heterocycles. The summed E-state index contributed by atoms with van der Waals surface area (Å²) in [5.74, 6) is 1.20. The van der Waals surface area contributed by atoms with E-state index in [1.807, 2.05) is 43.3 Å². The SMILES string of the molecule is Cc1ccc(-c2nnn(CC(=O)N(Cc3ccco3)C3=CCCCC3)n2)cc1. The standard InChI is InChI=1S/C21H23N5O2/c1-16-9-11-17(12-10-16)21-22-24-26(23-21)15-20(27)25(14-19-8-5-13-28-19)18-6-3-2-4-7-18/h5-6,8-13H,2-4,7,14-15H2,1H3. The molecule has 1 aromatic carbocycles. The number of rotatable bonds is 6. The zero-order valence-corrected chi connectivity index (χ0v) is 15.9. The van der Waals surface area contributed by atoms with Gasteiger partial charge in [-0.25, -0.2) is 0 Å². The Labute approximate surface area is 163 Å². The number of aryl methyl sites for hydroxylation is 1. The van der Waals surface area contributed by atoms with Crippen molar-refractivity contribution in [2.24, 2.45) is 0 Å². The Morgan fingerprint density at radius 3 is 2.79 bits per heavy atom. The van der Waals surface area contributed by atoms with Crippen molar-refractivity contribution in [1.82, 2.24) is 25.1 Å². The maximum atomic E-state index is 13.0. The molecule has 1 aliphatic carbocycles. The van der Waals surface area contributed by atoms with Crippen molar-refractivity contribution in [1.29, 1.82) is 0 Å². The van der Waals surface area contributed by atoms with E-state index in [4.69, 9.17) is 4.42 Å². The first-order valence-electron chi connectivity index (χ1n) is 9.56. The summed E-state index contributed by atoms with van der Waals surface area (Å²) >= 11 is 0. The molecule has 28 heavy (non-hydrogen) atoms. The quantitative estimate of drug-likeness (QED) is 0.654. The lowest BCUT2D eigenvalue weighted by Crippen LogP contribution is -2.34. The molecule has 144 valence electrons. The molecular weight excluding hydrogens is 354 g/mol. The highest BCUT2D eigenvalue weighted by molar-refractivity contribution is 5.77. The number of tetrazole rings is 1. The minimum Gasteiger partial charge on any atom is -0.467 e. The second-order valence-electron chi connectivity index (χ2n) is 7.01. The molecule has 0 saturated heterocycles. The van der Waals surface area contributed by atoms with Crippen LogP contribution in [0.5, 0.6) is 0 Å². The molecule has 7 nitrogen and oxygen atoms in total. The number of benzene rings is 1. The van der Waals surface area contributed by atoms with Crippen LogP contribution in [0.3, 0.4) is 0 Å². The average Bonchev–Trinajstić information content (AvgIpc) is 3.39. The van der Waals surface area contributed by atoms with Crippen molar-refractivity contribution >= 4 is 5.91 Å². The molecule has 7 heteroatoms. The van der Waals surface area contributed by atoms with Gasteiger partial charge in [-0.1, -0.05) is 35.9 Å². The molecule has 4 rings (SSSR count). The third-order valence-electron chi connectivity index (χ3n) is 4.85. The molecular formula is C21H23N5O2. The van der Waals surface area contributed by atoms with Gasteiger partial charge >= 0.3 is 0 Å². The van der Waals surface area contributed by atoms with Crippen LogP contribution >= 0.6 is 0 Å². The van der Waals surface area contributed by atoms with E-state index in [-0.39, 0.29) is 12.5 Å². The summed E-state index contributed by atoms with van der Waals surface area (Å²) < 4.78 is 5.46. The van der Waals surface area contributed by atoms with Crippen LogP contribution in [0.2, 0.25) is 0 Å². The number of carbonyl (C=O) groups is 1. The summed E-state index contributed by atoms with van der Waals surface area (Å²) in [4.78, 5) is 16.2. The summed E-state index contributed by atoms with van der Waals surface area (Å²) in [5, 5.41) is 12.5. The van der Waals surface area contributed by atoms with Crippen LogP contribution in [0.25, 0.3) is 11.4 Å². The number of amides is 1. The molecule has 3 aromatic rings. The second kappa shape index (κ2) is 8.21. The summed E-state index contributed by atoms with van der Waals surface area (Å²) in [6.45, 7) is 2.48. The van der Waals surface area contributed by atoms with Crippen molar-refractivity contribution < 1.29 is 9.21 Å². The van der Waals surface area contributed by atoms with Gasteiger partial charge in [0.25, 0.3) is 5.91 Å². The van der Waals surface area contributed by atoms with Gasteiger partial charge in [0, 0.05) is 11.3 Å². The van der Waals surface area contributed by atoms with Crippen LogP contribution in [0.1, 0.15) is 37.0 Å². The lowest BCUT2D eigenvalue weighted by Gasteiger charge is -2.26. The number of hydrogen-bond donors (Lipinski definition) is 0. The third-order valence-corrected chi connectivity index (χ3v) is 4.85. The zero-order valence-electron chi connectivity index (χ0n) is 15.9. The minimum absolute atomic E-state index is 0.0386. The normalized spacial score (nSPS) is 14.0. The van der Waals surface area contributed by atoms with E-state index in [9.17, 15) is 4.79 Å². The first-order chi connectivity index (χ1) is 13.7. The Kier molecular flexibility index (Phi) is 5.32. The monoisotopic (exact) mass is 377 g/mol. The van der Waals surface area contributed by atoms with Gasteiger partial charge in [-0.15, -0.1) is 10.2 Å². The topological polar surface area (TPSA) is 77.0 Å². The van der Waals surface area contributed by atoms with E-state index in [0.717, 1.165) is 42.7 Å². The summed E-state index contributed by atoms with van der Waals surface area (Å²) in [6.07, 6.45) is 7.92. The lowest BCUT2D eigenvalue weighted by molar-refractivity contribution is -0.131. The predicted octanol–water partition coefficient (Wildman–Crippen LogP) is 3.73. The molecule has 1 aliphatic rings. The van der Waals surface area contributed by atoms with Crippen LogP contribution in [-0.2, 0) is 17.9 Å². The molecule has 0 fully saturated rings. The molecule has 0 N–H and O–H groups in total. The Hall–Kier alpha value is -3.22. The average molecular weight is 377 g/mol. The highest BCUT2D eigenvalue weighted by atomic mass is 16.3. The maximum Gasteiger partial charge on any atom is 0.250 e. The molecule has 0 radical (unpaired) electrons. The minimum atomic E-state index is -0.0718. The maximum absolute atomic E-state index is 13.0.